The van der Waals surface area contributed by atoms with Crippen LogP contribution in [-0.2, 0) is 6.18 Å². The molecule has 0 amide bonds. The number of hydrogen-bond acceptors (Lipinski definition) is 5. The number of benzene rings is 2. The second-order valence-corrected chi connectivity index (χ2v) is 7.20. The maximum atomic E-state index is 13.6. The van der Waals surface area contributed by atoms with Gasteiger partial charge in [-0.1, -0.05) is 43.5 Å². The zero-order chi connectivity index (χ0) is 22.3. The monoisotopic (exact) mass is 450 g/mol. The second kappa shape index (κ2) is 10.3. The molecule has 2 aromatic carbocycles. The van der Waals surface area contributed by atoms with Crippen molar-refractivity contribution >= 4 is 34.7 Å². The summed E-state index contributed by atoms with van der Waals surface area (Å²) in [5.74, 6) is 0.0975. The molecule has 0 spiro atoms. The lowest BCUT2D eigenvalue weighted by atomic mass is 10.2. The van der Waals surface area contributed by atoms with Gasteiger partial charge in [0.25, 0.3) is 0 Å². The van der Waals surface area contributed by atoms with Crippen LogP contribution in [-0.4, -0.2) is 16.6 Å². The SMILES string of the molecule is CCCCCOc1ccccc1Nc1nc(Nc2ccc(Cl)cc2)ncc1C(F)(F)F. The van der Waals surface area contributed by atoms with E-state index in [4.69, 9.17) is 16.3 Å². The molecule has 9 heteroatoms. The largest absolute Gasteiger partial charge is 0.491 e. The summed E-state index contributed by atoms with van der Waals surface area (Å²) in [6.07, 6.45) is -0.959. The molecule has 164 valence electrons. The van der Waals surface area contributed by atoms with E-state index in [-0.39, 0.29) is 11.8 Å². The highest BCUT2D eigenvalue weighted by atomic mass is 35.5. The fourth-order valence-corrected chi connectivity index (χ4v) is 2.89. The molecule has 5 nitrogen and oxygen atoms in total. The minimum Gasteiger partial charge on any atom is -0.491 e. The Morgan fingerprint density at radius 2 is 1.74 bits per heavy atom. The highest BCUT2D eigenvalue weighted by Gasteiger charge is 2.35. The highest BCUT2D eigenvalue weighted by Crippen LogP contribution is 2.37. The second-order valence-electron chi connectivity index (χ2n) is 6.76. The number of hydrogen-bond donors (Lipinski definition) is 2. The Hall–Kier alpha value is -3.00. The van der Waals surface area contributed by atoms with Gasteiger partial charge in [0.2, 0.25) is 5.95 Å². The first-order valence-electron chi connectivity index (χ1n) is 9.82. The van der Waals surface area contributed by atoms with Crippen molar-refractivity contribution < 1.29 is 17.9 Å². The molecule has 0 aliphatic heterocycles. The van der Waals surface area contributed by atoms with Gasteiger partial charge in [-0.05, 0) is 42.8 Å². The molecule has 0 bridgehead atoms. The third-order valence-corrected chi connectivity index (χ3v) is 4.59. The van der Waals surface area contributed by atoms with Gasteiger partial charge in [0.1, 0.15) is 17.1 Å². The number of aromatic nitrogens is 2. The number of para-hydroxylation sites is 2. The number of alkyl halides is 3. The fourth-order valence-electron chi connectivity index (χ4n) is 2.76. The normalized spacial score (nSPS) is 11.3. The van der Waals surface area contributed by atoms with E-state index < -0.39 is 11.7 Å². The Kier molecular flexibility index (Phi) is 7.57. The summed E-state index contributed by atoms with van der Waals surface area (Å²) in [6, 6.07) is 13.5. The number of nitrogens with one attached hydrogen (secondary N) is 2. The average molecular weight is 451 g/mol. The van der Waals surface area contributed by atoms with Gasteiger partial charge in [0.15, 0.2) is 0 Å². The topological polar surface area (TPSA) is 59.1 Å². The van der Waals surface area contributed by atoms with E-state index in [2.05, 4.69) is 27.5 Å². The molecule has 3 rings (SSSR count). The molecular weight excluding hydrogens is 429 g/mol. The Balaban J connectivity index is 1.87. The molecule has 0 saturated carbocycles. The Morgan fingerprint density at radius 1 is 1.00 bits per heavy atom. The Bertz CT molecular complexity index is 997. The van der Waals surface area contributed by atoms with Crippen molar-refractivity contribution in [2.75, 3.05) is 17.2 Å². The van der Waals surface area contributed by atoms with Crippen molar-refractivity contribution in [1.29, 1.82) is 0 Å². The van der Waals surface area contributed by atoms with Gasteiger partial charge in [-0.3, -0.25) is 0 Å². The lowest BCUT2D eigenvalue weighted by Crippen LogP contribution is -2.13. The number of rotatable bonds is 9. The quantitative estimate of drug-likeness (QED) is 0.337. The predicted octanol–water partition coefficient (Wildman–Crippen LogP) is 7.21. The summed E-state index contributed by atoms with van der Waals surface area (Å²) in [5.41, 5.74) is 0.00495. The van der Waals surface area contributed by atoms with Crippen LogP contribution >= 0.6 is 11.6 Å². The molecule has 3 aromatic rings. The van der Waals surface area contributed by atoms with Crippen LogP contribution in [0.2, 0.25) is 5.02 Å². The molecule has 0 unspecified atom stereocenters. The third kappa shape index (κ3) is 6.49. The minimum absolute atomic E-state index is 0.0131. The van der Waals surface area contributed by atoms with Crippen molar-refractivity contribution in [3.63, 3.8) is 0 Å². The summed E-state index contributed by atoms with van der Waals surface area (Å²) in [6.45, 7) is 2.56. The first-order valence-corrected chi connectivity index (χ1v) is 10.2. The number of unbranched alkanes of at least 4 members (excludes halogenated alkanes) is 2. The lowest BCUT2D eigenvalue weighted by Gasteiger charge is -2.17. The summed E-state index contributed by atoms with van der Waals surface area (Å²) >= 11 is 5.86. The van der Waals surface area contributed by atoms with Crippen molar-refractivity contribution in [3.05, 3.63) is 65.3 Å². The molecule has 0 aliphatic carbocycles. The van der Waals surface area contributed by atoms with Crippen LogP contribution in [0.15, 0.2) is 54.7 Å². The summed E-state index contributed by atoms with van der Waals surface area (Å²) in [7, 11) is 0. The molecule has 0 aliphatic rings. The number of anilines is 4. The van der Waals surface area contributed by atoms with Crippen LogP contribution < -0.4 is 15.4 Å². The van der Waals surface area contributed by atoms with Crippen molar-refractivity contribution in [2.45, 2.75) is 32.4 Å². The van der Waals surface area contributed by atoms with E-state index in [0.717, 1.165) is 25.5 Å². The van der Waals surface area contributed by atoms with Crippen molar-refractivity contribution in [3.8, 4) is 5.75 Å². The van der Waals surface area contributed by atoms with Gasteiger partial charge in [-0.15, -0.1) is 0 Å². The smallest absolute Gasteiger partial charge is 0.421 e. The number of nitrogens with zero attached hydrogens (tertiary/aromatic N) is 2. The summed E-state index contributed by atoms with van der Waals surface area (Å²) in [5, 5.41) is 6.18. The van der Waals surface area contributed by atoms with E-state index in [9.17, 15) is 13.2 Å². The standard InChI is InChI=1S/C22H22ClF3N4O/c1-2-3-6-13-31-19-8-5-4-7-18(19)29-20-17(22(24,25)26)14-27-21(30-20)28-16-11-9-15(23)10-12-16/h4-5,7-12,14H,2-3,6,13H2,1H3,(H2,27,28,29,30). The lowest BCUT2D eigenvalue weighted by molar-refractivity contribution is -0.137. The van der Waals surface area contributed by atoms with E-state index in [1.54, 1.807) is 48.5 Å². The van der Waals surface area contributed by atoms with Crippen LogP contribution in [0.3, 0.4) is 0 Å². The zero-order valence-corrected chi connectivity index (χ0v) is 17.6. The maximum Gasteiger partial charge on any atom is 0.421 e. The molecule has 31 heavy (non-hydrogen) atoms. The average Bonchev–Trinajstić information content (AvgIpc) is 2.73. The van der Waals surface area contributed by atoms with Crippen LogP contribution in [0.25, 0.3) is 0 Å². The van der Waals surface area contributed by atoms with Crippen molar-refractivity contribution in [2.24, 2.45) is 0 Å². The van der Waals surface area contributed by atoms with Gasteiger partial charge >= 0.3 is 6.18 Å². The molecule has 1 heterocycles. The molecule has 1 aromatic heterocycles. The third-order valence-electron chi connectivity index (χ3n) is 4.34. The van der Waals surface area contributed by atoms with E-state index in [1.807, 2.05) is 0 Å². The summed E-state index contributed by atoms with van der Waals surface area (Å²) < 4.78 is 46.4. The van der Waals surface area contributed by atoms with Gasteiger partial charge in [0.05, 0.1) is 12.3 Å². The first kappa shape index (κ1) is 22.7. The van der Waals surface area contributed by atoms with Gasteiger partial charge in [0, 0.05) is 16.9 Å². The molecule has 0 radical (unpaired) electrons. The Morgan fingerprint density at radius 3 is 2.45 bits per heavy atom. The molecule has 0 atom stereocenters. The van der Waals surface area contributed by atoms with Crippen LogP contribution in [0.4, 0.5) is 36.3 Å². The maximum absolute atomic E-state index is 13.6. The molecular formula is C22H22ClF3N4O. The van der Waals surface area contributed by atoms with E-state index in [1.165, 1.54) is 0 Å². The van der Waals surface area contributed by atoms with Crippen LogP contribution in [0.1, 0.15) is 31.7 Å². The molecule has 0 fully saturated rings. The van der Waals surface area contributed by atoms with E-state index >= 15 is 0 Å². The Labute approximate surface area is 183 Å². The molecule has 2 N–H and O–H groups in total. The minimum atomic E-state index is -4.63. The van der Waals surface area contributed by atoms with Gasteiger partial charge in [-0.25, -0.2) is 4.98 Å². The fraction of sp³-hybridized carbons (Fsp3) is 0.273. The number of ether oxygens (including phenoxy) is 1. The van der Waals surface area contributed by atoms with Crippen LogP contribution in [0.5, 0.6) is 5.75 Å². The first-order chi connectivity index (χ1) is 14.9. The van der Waals surface area contributed by atoms with Gasteiger partial charge in [-0.2, -0.15) is 18.2 Å². The zero-order valence-electron chi connectivity index (χ0n) is 16.8. The predicted molar refractivity (Wildman–Crippen MR) is 117 cm³/mol. The van der Waals surface area contributed by atoms with Gasteiger partial charge < -0.3 is 15.4 Å². The van der Waals surface area contributed by atoms with Crippen LogP contribution in [0, 0.1) is 0 Å². The number of halogens is 4. The highest BCUT2D eigenvalue weighted by molar-refractivity contribution is 6.30. The summed E-state index contributed by atoms with van der Waals surface area (Å²) in [4.78, 5) is 7.87. The van der Waals surface area contributed by atoms with Crippen molar-refractivity contribution in [1.82, 2.24) is 9.97 Å². The van der Waals surface area contributed by atoms with E-state index in [0.29, 0.717) is 28.8 Å². The molecule has 0 saturated heterocycles.